The molecule has 0 bridgehead atoms. The Kier molecular flexibility index (Phi) is 4.58. The summed E-state index contributed by atoms with van der Waals surface area (Å²) in [6.07, 6.45) is 0. The SMILES string of the molecule is CC(=O)Nc1ccc(S(=O)(=O)Nc2ccccc2O)cc1Cl. The van der Waals surface area contributed by atoms with E-state index in [9.17, 15) is 18.3 Å². The molecular weight excluding hydrogens is 328 g/mol. The van der Waals surface area contributed by atoms with E-state index < -0.39 is 10.0 Å². The van der Waals surface area contributed by atoms with E-state index in [0.29, 0.717) is 5.69 Å². The van der Waals surface area contributed by atoms with Gasteiger partial charge in [0.15, 0.2) is 0 Å². The number of halogens is 1. The summed E-state index contributed by atoms with van der Waals surface area (Å²) in [7, 11) is -3.91. The minimum atomic E-state index is -3.91. The van der Waals surface area contributed by atoms with Gasteiger partial charge < -0.3 is 10.4 Å². The molecule has 0 aliphatic carbocycles. The summed E-state index contributed by atoms with van der Waals surface area (Å²) in [5, 5.41) is 12.2. The third-order valence-corrected chi connectivity index (χ3v) is 4.39. The number of aromatic hydroxyl groups is 1. The fourth-order valence-electron chi connectivity index (χ4n) is 1.72. The first kappa shape index (κ1) is 16.1. The highest BCUT2D eigenvalue weighted by molar-refractivity contribution is 7.92. The molecule has 2 aromatic carbocycles. The number of benzene rings is 2. The first-order valence-electron chi connectivity index (χ1n) is 6.17. The molecule has 0 atom stereocenters. The smallest absolute Gasteiger partial charge is 0.262 e. The van der Waals surface area contributed by atoms with Gasteiger partial charge in [0, 0.05) is 6.92 Å². The quantitative estimate of drug-likeness (QED) is 0.746. The predicted molar refractivity (Wildman–Crippen MR) is 84.7 cm³/mol. The molecule has 8 heteroatoms. The summed E-state index contributed by atoms with van der Waals surface area (Å²) in [5.41, 5.74) is 0.375. The maximum absolute atomic E-state index is 12.3. The van der Waals surface area contributed by atoms with Gasteiger partial charge in [0.2, 0.25) is 5.91 Å². The van der Waals surface area contributed by atoms with Gasteiger partial charge in [0.25, 0.3) is 10.0 Å². The lowest BCUT2D eigenvalue weighted by molar-refractivity contribution is -0.114. The molecule has 0 spiro atoms. The van der Waals surface area contributed by atoms with Crippen molar-refractivity contribution in [3.8, 4) is 5.75 Å². The molecule has 0 aliphatic heterocycles. The number of anilines is 2. The van der Waals surface area contributed by atoms with Crippen molar-refractivity contribution in [1.82, 2.24) is 0 Å². The Balaban J connectivity index is 2.32. The largest absolute Gasteiger partial charge is 0.506 e. The van der Waals surface area contributed by atoms with Crippen LogP contribution in [0.25, 0.3) is 0 Å². The second kappa shape index (κ2) is 6.25. The van der Waals surface area contributed by atoms with E-state index in [1.165, 1.54) is 37.3 Å². The number of rotatable bonds is 4. The summed E-state index contributed by atoms with van der Waals surface area (Å²) in [4.78, 5) is 10.9. The lowest BCUT2D eigenvalue weighted by atomic mass is 10.3. The molecule has 0 fully saturated rings. The summed E-state index contributed by atoms with van der Waals surface area (Å²) < 4.78 is 26.8. The van der Waals surface area contributed by atoms with Gasteiger partial charge in [0.1, 0.15) is 5.75 Å². The lowest BCUT2D eigenvalue weighted by Gasteiger charge is -2.11. The topological polar surface area (TPSA) is 95.5 Å². The highest BCUT2D eigenvalue weighted by Gasteiger charge is 2.17. The lowest BCUT2D eigenvalue weighted by Crippen LogP contribution is -2.13. The molecule has 0 radical (unpaired) electrons. The van der Waals surface area contributed by atoms with Crippen LogP contribution in [0.4, 0.5) is 11.4 Å². The fourth-order valence-corrected chi connectivity index (χ4v) is 3.11. The molecule has 0 aliphatic rings. The van der Waals surface area contributed by atoms with Gasteiger partial charge in [-0.05, 0) is 30.3 Å². The summed E-state index contributed by atoms with van der Waals surface area (Å²) in [6.45, 7) is 1.32. The molecule has 0 aromatic heterocycles. The zero-order chi connectivity index (χ0) is 16.3. The van der Waals surface area contributed by atoms with Crippen LogP contribution in [0.1, 0.15) is 6.92 Å². The first-order chi connectivity index (χ1) is 10.3. The molecular formula is C14H13ClN2O4S. The number of para-hydroxylation sites is 2. The standard InChI is InChI=1S/C14H13ClN2O4S/c1-9(18)16-12-7-6-10(8-11(12)15)22(20,21)17-13-4-2-3-5-14(13)19/h2-8,17,19H,1H3,(H,16,18). The van der Waals surface area contributed by atoms with Crippen molar-refractivity contribution in [2.45, 2.75) is 11.8 Å². The number of hydrogen-bond donors (Lipinski definition) is 3. The van der Waals surface area contributed by atoms with Crippen molar-refractivity contribution in [2.75, 3.05) is 10.0 Å². The van der Waals surface area contributed by atoms with E-state index in [4.69, 9.17) is 11.6 Å². The van der Waals surface area contributed by atoms with Crippen LogP contribution in [0.15, 0.2) is 47.4 Å². The van der Waals surface area contributed by atoms with Gasteiger partial charge in [0.05, 0.1) is 21.3 Å². The highest BCUT2D eigenvalue weighted by atomic mass is 35.5. The van der Waals surface area contributed by atoms with Gasteiger partial charge in [-0.1, -0.05) is 23.7 Å². The monoisotopic (exact) mass is 340 g/mol. The maximum Gasteiger partial charge on any atom is 0.262 e. The van der Waals surface area contributed by atoms with Crippen LogP contribution >= 0.6 is 11.6 Å². The van der Waals surface area contributed by atoms with Crippen molar-refractivity contribution >= 4 is 38.9 Å². The van der Waals surface area contributed by atoms with Crippen molar-refractivity contribution in [2.24, 2.45) is 0 Å². The van der Waals surface area contributed by atoms with Gasteiger partial charge in [-0.3, -0.25) is 9.52 Å². The molecule has 0 unspecified atom stereocenters. The molecule has 2 rings (SSSR count). The molecule has 0 saturated carbocycles. The molecule has 2 aromatic rings. The third kappa shape index (κ3) is 3.69. The number of hydrogen-bond acceptors (Lipinski definition) is 4. The van der Waals surface area contributed by atoms with Crippen LogP contribution in [-0.2, 0) is 14.8 Å². The van der Waals surface area contributed by atoms with Crippen LogP contribution in [0.2, 0.25) is 5.02 Å². The number of nitrogens with one attached hydrogen (secondary N) is 2. The Bertz CT molecular complexity index is 821. The number of carbonyl (C=O) groups excluding carboxylic acids is 1. The first-order valence-corrected chi connectivity index (χ1v) is 8.03. The Hall–Kier alpha value is -2.25. The Morgan fingerprint density at radius 1 is 1.14 bits per heavy atom. The zero-order valence-electron chi connectivity index (χ0n) is 11.5. The van der Waals surface area contributed by atoms with Gasteiger partial charge in [-0.2, -0.15) is 0 Å². The Labute approximate surface area is 132 Å². The van der Waals surface area contributed by atoms with E-state index in [1.807, 2.05) is 0 Å². The molecule has 3 N–H and O–H groups in total. The average molecular weight is 341 g/mol. The molecule has 6 nitrogen and oxygen atoms in total. The van der Waals surface area contributed by atoms with Crippen molar-refractivity contribution in [3.63, 3.8) is 0 Å². The van der Waals surface area contributed by atoms with Crippen LogP contribution in [-0.4, -0.2) is 19.4 Å². The number of carbonyl (C=O) groups is 1. The van der Waals surface area contributed by atoms with Crippen LogP contribution in [0.5, 0.6) is 5.75 Å². The van der Waals surface area contributed by atoms with Gasteiger partial charge >= 0.3 is 0 Å². The fraction of sp³-hybridized carbons (Fsp3) is 0.0714. The van der Waals surface area contributed by atoms with Crippen molar-refractivity contribution < 1.29 is 18.3 Å². The molecule has 22 heavy (non-hydrogen) atoms. The van der Waals surface area contributed by atoms with E-state index >= 15 is 0 Å². The zero-order valence-corrected chi connectivity index (χ0v) is 13.1. The summed E-state index contributed by atoms with van der Waals surface area (Å²) in [6, 6.07) is 9.87. The summed E-state index contributed by atoms with van der Waals surface area (Å²) in [5.74, 6) is -0.503. The number of phenolic OH excluding ortho intramolecular Hbond substituents is 1. The van der Waals surface area contributed by atoms with E-state index in [0.717, 1.165) is 0 Å². The van der Waals surface area contributed by atoms with Crippen LogP contribution in [0, 0.1) is 0 Å². The van der Waals surface area contributed by atoms with Gasteiger partial charge in [-0.25, -0.2) is 8.42 Å². The predicted octanol–water partition coefficient (Wildman–Crippen LogP) is 2.80. The van der Waals surface area contributed by atoms with Crippen LogP contribution in [0.3, 0.4) is 0 Å². The van der Waals surface area contributed by atoms with Crippen molar-refractivity contribution in [3.05, 3.63) is 47.5 Å². The maximum atomic E-state index is 12.3. The summed E-state index contributed by atoms with van der Waals surface area (Å²) >= 11 is 5.96. The third-order valence-electron chi connectivity index (χ3n) is 2.71. The molecule has 1 amide bonds. The second-order valence-corrected chi connectivity index (χ2v) is 6.54. The minimum absolute atomic E-state index is 0.0598. The normalized spacial score (nSPS) is 11.0. The molecule has 116 valence electrons. The number of amides is 1. The number of phenols is 1. The van der Waals surface area contributed by atoms with Crippen molar-refractivity contribution in [1.29, 1.82) is 0 Å². The van der Waals surface area contributed by atoms with E-state index in [-0.39, 0.29) is 27.3 Å². The highest BCUT2D eigenvalue weighted by Crippen LogP contribution is 2.28. The second-order valence-electron chi connectivity index (χ2n) is 4.45. The molecule has 0 heterocycles. The van der Waals surface area contributed by atoms with Crippen LogP contribution < -0.4 is 10.0 Å². The number of sulfonamides is 1. The van der Waals surface area contributed by atoms with Gasteiger partial charge in [-0.15, -0.1) is 0 Å². The Morgan fingerprint density at radius 2 is 1.82 bits per heavy atom. The Morgan fingerprint density at radius 3 is 2.41 bits per heavy atom. The average Bonchev–Trinajstić information content (AvgIpc) is 2.43. The minimum Gasteiger partial charge on any atom is -0.506 e. The molecule has 0 saturated heterocycles. The van der Waals surface area contributed by atoms with E-state index in [2.05, 4.69) is 10.0 Å². The van der Waals surface area contributed by atoms with E-state index in [1.54, 1.807) is 12.1 Å².